The minimum absolute atomic E-state index is 0.180. The third-order valence-electron chi connectivity index (χ3n) is 5.27. The summed E-state index contributed by atoms with van der Waals surface area (Å²) < 4.78 is 4.74. The van der Waals surface area contributed by atoms with E-state index in [1.165, 1.54) is 9.08 Å². The van der Waals surface area contributed by atoms with Crippen LogP contribution in [-0.2, 0) is 13.1 Å². The largest absolute Gasteiger partial charge is 0.352 e. The highest BCUT2D eigenvalue weighted by Gasteiger charge is 2.18. The molecular formula is C24H22N6O2S. The van der Waals surface area contributed by atoms with Crippen molar-refractivity contribution in [1.29, 1.82) is 0 Å². The van der Waals surface area contributed by atoms with E-state index in [0.29, 0.717) is 43.0 Å². The number of thiophene rings is 1. The molecule has 33 heavy (non-hydrogen) atoms. The number of amides is 1. The normalized spacial score (nSPS) is 11.2. The molecule has 0 saturated carbocycles. The Morgan fingerprint density at radius 3 is 2.64 bits per heavy atom. The molecule has 1 amide bonds. The topological polar surface area (TPSA) is 86.2 Å². The van der Waals surface area contributed by atoms with Gasteiger partial charge in [0.2, 0.25) is 0 Å². The second-order valence-electron chi connectivity index (χ2n) is 7.60. The maximum absolute atomic E-state index is 13.0. The summed E-state index contributed by atoms with van der Waals surface area (Å²) in [5.74, 6) is -0.180. The molecule has 0 unspecified atom stereocenters. The molecular weight excluding hydrogens is 436 g/mol. The van der Waals surface area contributed by atoms with Gasteiger partial charge in [-0.25, -0.2) is 9.48 Å². The SMILES string of the molecule is O=C(NCCCn1nc2ccccn2c1=O)c1cn(Cc2ccccc2)nc1-c1cccs1. The highest BCUT2D eigenvalue weighted by molar-refractivity contribution is 7.13. The lowest BCUT2D eigenvalue weighted by Gasteiger charge is -2.04. The minimum atomic E-state index is -0.181. The summed E-state index contributed by atoms with van der Waals surface area (Å²) in [5.41, 5.74) is 2.76. The Bertz CT molecular complexity index is 1430. The van der Waals surface area contributed by atoms with Gasteiger partial charge in [0.25, 0.3) is 5.91 Å². The molecule has 8 nitrogen and oxygen atoms in total. The molecule has 0 spiro atoms. The summed E-state index contributed by atoms with van der Waals surface area (Å²) in [5, 5.41) is 13.9. The Morgan fingerprint density at radius 1 is 1.00 bits per heavy atom. The van der Waals surface area contributed by atoms with Crippen molar-refractivity contribution in [2.45, 2.75) is 19.5 Å². The van der Waals surface area contributed by atoms with Crippen LogP contribution >= 0.6 is 11.3 Å². The number of benzene rings is 1. The number of nitrogens with one attached hydrogen (secondary N) is 1. The highest BCUT2D eigenvalue weighted by Crippen LogP contribution is 2.27. The monoisotopic (exact) mass is 458 g/mol. The number of rotatable bonds is 8. The van der Waals surface area contributed by atoms with E-state index in [9.17, 15) is 9.59 Å². The lowest BCUT2D eigenvalue weighted by molar-refractivity contribution is 0.0953. The van der Waals surface area contributed by atoms with Crippen molar-refractivity contribution in [2.75, 3.05) is 6.54 Å². The number of carbonyl (C=O) groups is 1. The zero-order valence-electron chi connectivity index (χ0n) is 17.8. The van der Waals surface area contributed by atoms with Crippen LogP contribution in [0.25, 0.3) is 16.2 Å². The average Bonchev–Trinajstić information content (AvgIpc) is 3.57. The van der Waals surface area contributed by atoms with Crippen molar-refractivity contribution in [3.05, 3.63) is 100 Å². The number of pyridine rings is 1. The van der Waals surface area contributed by atoms with E-state index in [1.807, 2.05) is 53.9 Å². The van der Waals surface area contributed by atoms with Gasteiger partial charge in [0.15, 0.2) is 5.65 Å². The number of hydrogen-bond acceptors (Lipinski definition) is 5. The van der Waals surface area contributed by atoms with E-state index in [2.05, 4.69) is 15.5 Å². The molecule has 4 heterocycles. The fourth-order valence-electron chi connectivity index (χ4n) is 3.67. The van der Waals surface area contributed by atoms with Gasteiger partial charge in [-0.2, -0.15) is 5.10 Å². The van der Waals surface area contributed by atoms with Gasteiger partial charge in [-0.05, 0) is 35.6 Å². The van der Waals surface area contributed by atoms with Crippen LogP contribution in [0.2, 0.25) is 0 Å². The van der Waals surface area contributed by atoms with Crippen LogP contribution < -0.4 is 11.0 Å². The third kappa shape index (κ3) is 4.49. The second kappa shape index (κ2) is 9.25. The smallest absolute Gasteiger partial charge is 0.350 e. The first-order chi connectivity index (χ1) is 16.2. The van der Waals surface area contributed by atoms with Crippen LogP contribution in [0.15, 0.2) is 83.2 Å². The molecule has 1 N–H and O–H groups in total. The fraction of sp³-hybridized carbons (Fsp3) is 0.167. The quantitative estimate of drug-likeness (QED) is 0.362. The van der Waals surface area contributed by atoms with E-state index in [1.54, 1.807) is 40.5 Å². The molecule has 0 aliphatic rings. The summed E-state index contributed by atoms with van der Waals surface area (Å²) >= 11 is 1.55. The van der Waals surface area contributed by atoms with Crippen LogP contribution in [0, 0.1) is 0 Å². The van der Waals surface area contributed by atoms with Crippen LogP contribution in [-0.4, -0.2) is 36.4 Å². The van der Waals surface area contributed by atoms with Gasteiger partial charge >= 0.3 is 5.69 Å². The first kappa shape index (κ1) is 20.9. The molecule has 0 aliphatic carbocycles. The number of aryl methyl sites for hydroxylation is 1. The van der Waals surface area contributed by atoms with Gasteiger partial charge in [0.05, 0.1) is 17.0 Å². The zero-order chi connectivity index (χ0) is 22.6. The molecule has 9 heteroatoms. The van der Waals surface area contributed by atoms with Gasteiger partial charge in [0, 0.05) is 25.5 Å². The molecule has 1 aromatic carbocycles. The Labute approximate surface area is 193 Å². The molecule has 0 saturated heterocycles. The number of hydrogen-bond donors (Lipinski definition) is 1. The molecule has 0 bridgehead atoms. The van der Waals surface area contributed by atoms with Crippen LogP contribution in [0.5, 0.6) is 0 Å². The second-order valence-corrected chi connectivity index (χ2v) is 8.54. The Balaban J connectivity index is 1.27. The van der Waals surface area contributed by atoms with Crippen molar-refractivity contribution in [1.82, 2.24) is 29.3 Å². The van der Waals surface area contributed by atoms with Crippen molar-refractivity contribution >= 4 is 22.9 Å². The predicted octanol–water partition coefficient (Wildman–Crippen LogP) is 3.29. The molecule has 5 aromatic rings. The van der Waals surface area contributed by atoms with Crippen LogP contribution in [0.1, 0.15) is 22.3 Å². The Hall–Kier alpha value is -3.98. The van der Waals surface area contributed by atoms with Gasteiger partial charge in [0.1, 0.15) is 5.69 Å². The fourth-order valence-corrected chi connectivity index (χ4v) is 4.40. The number of fused-ring (bicyclic) bond motifs is 1. The van der Waals surface area contributed by atoms with E-state index in [-0.39, 0.29) is 11.6 Å². The summed E-state index contributed by atoms with van der Waals surface area (Å²) in [6.45, 7) is 1.43. The van der Waals surface area contributed by atoms with Crippen LogP contribution in [0.3, 0.4) is 0 Å². The first-order valence-electron chi connectivity index (χ1n) is 10.7. The van der Waals surface area contributed by atoms with Crippen molar-refractivity contribution in [2.24, 2.45) is 0 Å². The average molecular weight is 459 g/mol. The Kier molecular flexibility index (Phi) is 5.86. The lowest BCUT2D eigenvalue weighted by Crippen LogP contribution is -2.27. The molecule has 0 fully saturated rings. The van der Waals surface area contributed by atoms with E-state index in [0.717, 1.165) is 10.4 Å². The van der Waals surface area contributed by atoms with Crippen LogP contribution in [0.4, 0.5) is 0 Å². The van der Waals surface area contributed by atoms with Gasteiger partial charge in [-0.15, -0.1) is 16.4 Å². The molecule has 0 radical (unpaired) electrons. The van der Waals surface area contributed by atoms with Crippen molar-refractivity contribution in [3.63, 3.8) is 0 Å². The standard InChI is InChI=1S/C24H22N6O2S/c31-23(25-12-7-14-30-24(32)29-13-5-4-11-21(29)26-30)19-17-28(16-18-8-2-1-3-9-18)27-22(19)20-10-6-15-33-20/h1-6,8-11,13,15,17H,7,12,14,16H2,(H,25,31). The van der Waals surface area contributed by atoms with Gasteiger partial charge in [-0.3, -0.25) is 13.9 Å². The summed E-state index contributed by atoms with van der Waals surface area (Å²) in [6.07, 6.45) is 4.08. The minimum Gasteiger partial charge on any atom is -0.352 e. The summed E-state index contributed by atoms with van der Waals surface area (Å²) in [6, 6.07) is 19.4. The molecule has 4 aromatic heterocycles. The van der Waals surface area contributed by atoms with Crippen molar-refractivity contribution < 1.29 is 4.79 Å². The Morgan fingerprint density at radius 2 is 1.85 bits per heavy atom. The van der Waals surface area contributed by atoms with E-state index >= 15 is 0 Å². The van der Waals surface area contributed by atoms with Gasteiger partial charge in [-0.1, -0.05) is 42.5 Å². The predicted molar refractivity (Wildman–Crippen MR) is 127 cm³/mol. The summed E-state index contributed by atoms with van der Waals surface area (Å²) in [7, 11) is 0. The number of aromatic nitrogens is 5. The molecule has 5 rings (SSSR count). The number of nitrogens with zero attached hydrogens (tertiary/aromatic N) is 5. The molecule has 0 atom stereocenters. The highest BCUT2D eigenvalue weighted by atomic mass is 32.1. The van der Waals surface area contributed by atoms with Crippen molar-refractivity contribution in [3.8, 4) is 10.6 Å². The lowest BCUT2D eigenvalue weighted by atomic mass is 10.2. The summed E-state index contributed by atoms with van der Waals surface area (Å²) in [4.78, 5) is 26.3. The van der Waals surface area contributed by atoms with Gasteiger partial charge < -0.3 is 5.32 Å². The molecule has 166 valence electrons. The van der Waals surface area contributed by atoms with E-state index < -0.39 is 0 Å². The maximum Gasteiger partial charge on any atom is 0.350 e. The third-order valence-corrected chi connectivity index (χ3v) is 6.15. The number of carbonyl (C=O) groups excluding carboxylic acids is 1. The zero-order valence-corrected chi connectivity index (χ0v) is 18.6. The first-order valence-corrected chi connectivity index (χ1v) is 11.5. The van der Waals surface area contributed by atoms with E-state index in [4.69, 9.17) is 0 Å². The molecule has 0 aliphatic heterocycles. The maximum atomic E-state index is 13.0.